The molecule has 2 heterocycles. The van der Waals surface area contributed by atoms with Gasteiger partial charge in [-0.2, -0.15) is 0 Å². The average molecular weight is 411 g/mol. The molecule has 0 aromatic carbocycles. The third-order valence-corrected chi connectivity index (χ3v) is 6.74. The Bertz CT molecular complexity index is 669. The van der Waals surface area contributed by atoms with Crippen LogP contribution in [0.5, 0.6) is 0 Å². The van der Waals surface area contributed by atoms with E-state index >= 15 is 0 Å². The second kappa shape index (κ2) is 6.13. The predicted octanol–water partition coefficient (Wildman–Crippen LogP) is -0.664. The monoisotopic (exact) mass is 411 g/mol. The summed E-state index contributed by atoms with van der Waals surface area (Å²) in [7, 11) is 0. The van der Waals surface area contributed by atoms with Crippen molar-refractivity contribution in [2.75, 3.05) is 6.61 Å². The van der Waals surface area contributed by atoms with Crippen molar-refractivity contribution >= 4 is 30.9 Å². The van der Waals surface area contributed by atoms with Gasteiger partial charge in [0.15, 0.2) is 0 Å². The second-order valence-corrected chi connectivity index (χ2v) is 7.79. The molecule has 0 radical (unpaired) electrons. The zero-order valence-electron chi connectivity index (χ0n) is 9.88. The molecule has 1 aromatic heterocycles. The van der Waals surface area contributed by atoms with Crippen molar-refractivity contribution in [3.8, 4) is 0 Å². The van der Waals surface area contributed by atoms with Crippen LogP contribution in [0.4, 0.5) is 0 Å². The molecule has 2 rings (SSSR count). The Morgan fingerprint density at radius 2 is 2.30 bits per heavy atom. The number of nitrogens with zero attached hydrogens (tertiary/aromatic N) is 4. The number of aromatic nitrogens is 2. The standard InChI is InChI=1S/C9H10BrN5O4Se/c10-3-1-15(9(19)12-7(3)18)8-5(13-14-11)6(17)4(2-16)20-8/h1,4-6,8,16-17H,2H2,(H,12,18,19)/t4-,5?,6-,8?/m1/s1. The van der Waals surface area contributed by atoms with Gasteiger partial charge in [0.05, 0.1) is 0 Å². The van der Waals surface area contributed by atoms with Crippen LogP contribution >= 0.6 is 15.9 Å². The molecule has 0 aliphatic carbocycles. The number of azide groups is 1. The summed E-state index contributed by atoms with van der Waals surface area (Å²) in [6, 6.07) is -0.854. The summed E-state index contributed by atoms with van der Waals surface area (Å²) in [5.41, 5.74) is 7.37. The Labute approximate surface area is 126 Å². The van der Waals surface area contributed by atoms with Crippen LogP contribution < -0.4 is 11.2 Å². The predicted molar refractivity (Wildman–Crippen MR) is 73.6 cm³/mol. The average Bonchev–Trinajstić information content (AvgIpc) is 2.72. The number of rotatable bonds is 3. The van der Waals surface area contributed by atoms with Gasteiger partial charge in [-0.25, -0.2) is 0 Å². The van der Waals surface area contributed by atoms with Crippen molar-refractivity contribution in [3.05, 3.63) is 42.0 Å². The van der Waals surface area contributed by atoms with Crippen LogP contribution in [-0.4, -0.2) is 53.5 Å². The third kappa shape index (κ3) is 2.69. The molecule has 2 unspecified atom stereocenters. The van der Waals surface area contributed by atoms with E-state index in [0.29, 0.717) is 0 Å². The van der Waals surface area contributed by atoms with E-state index in [1.54, 1.807) is 0 Å². The maximum absolute atomic E-state index is 11.8. The van der Waals surface area contributed by atoms with Gasteiger partial charge in [0.25, 0.3) is 0 Å². The molecule has 0 spiro atoms. The Morgan fingerprint density at radius 3 is 2.90 bits per heavy atom. The Morgan fingerprint density at radius 1 is 1.60 bits per heavy atom. The van der Waals surface area contributed by atoms with Crippen molar-refractivity contribution in [2.45, 2.75) is 21.9 Å². The summed E-state index contributed by atoms with van der Waals surface area (Å²) in [4.78, 5) is 27.0. The van der Waals surface area contributed by atoms with Gasteiger partial charge in [0.2, 0.25) is 0 Å². The van der Waals surface area contributed by atoms with Crippen molar-refractivity contribution in [1.82, 2.24) is 9.55 Å². The van der Waals surface area contributed by atoms with E-state index < -0.39 is 33.2 Å². The van der Waals surface area contributed by atoms with Crippen LogP contribution in [0.1, 0.15) is 4.94 Å². The molecule has 1 aliphatic rings. The summed E-state index contributed by atoms with van der Waals surface area (Å²) >= 11 is 2.66. The SMILES string of the molecule is [N-]=[N+]=NC1C(n2cc(Br)c(=O)[nH]c2=O)[Se][C@H](CO)[C@H]1O. The minimum absolute atomic E-state index is 0.162. The Kier molecular flexibility index (Phi) is 4.69. The Hall–Kier alpha value is -1.09. The van der Waals surface area contributed by atoms with E-state index in [9.17, 15) is 19.8 Å². The number of H-pyrrole nitrogens is 1. The molecule has 1 aliphatic heterocycles. The third-order valence-electron chi connectivity index (χ3n) is 2.90. The number of aliphatic hydroxyl groups is 2. The number of nitrogens with one attached hydrogen (secondary N) is 1. The summed E-state index contributed by atoms with van der Waals surface area (Å²) in [5.74, 6) is 0. The van der Waals surface area contributed by atoms with Gasteiger partial charge in [-0.1, -0.05) is 0 Å². The first kappa shape index (κ1) is 15.3. The molecule has 1 aromatic rings. The molecular weight excluding hydrogens is 401 g/mol. The van der Waals surface area contributed by atoms with Crippen molar-refractivity contribution < 1.29 is 10.2 Å². The van der Waals surface area contributed by atoms with Crippen molar-refractivity contribution in [2.24, 2.45) is 5.11 Å². The van der Waals surface area contributed by atoms with Crippen molar-refractivity contribution in [1.29, 1.82) is 0 Å². The van der Waals surface area contributed by atoms with E-state index in [1.807, 2.05) is 0 Å². The number of halogens is 1. The molecule has 9 nitrogen and oxygen atoms in total. The van der Waals surface area contributed by atoms with Crippen LogP contribution in [0.3, 0.4) is 0 Å². The molecule has 0 amide bonds. The zero-order valence-corrected chi connectivity index (χ0v) is 13.2. The van der Waals surface area contributed by atoms with Crippen LogP contribution in [0, 0.1) is 0 Å². The molecule has 4 atom stereocenters. The number of aliphatic hydroxyl groups excluding tert-OH is 2. The van der Waals surface area contributed by atoms with Gasteiger partial charge in [-0.3, -0.25) is 0 Å². The fraction of sp³-hybridized carbons (Fsp3) is 0.556. The topological polar surface area (TPSA) is 144 Å². The first-order valence-corrected chi connectivity index (χ1v) is 8.26. The second-order valence-electron chi connectivity index (χ2n) is 4.08. The molecule has 20 heavy (non-hydrogen) atoms. The van der Waals surface area contributed by atoms with Crippen LogP contribution in [-0.2, 0) is 0 Å². The number of aromatic amines is 1. The van der Waals surface area contributed by atoms with Gasteiger partial charge < -0.3 is 0 Å². The van der Waals surface area contributed by atoms with E-state index in [2.05, 4.69) is 30.9 Å². The molecule has 3 N–H and O–H groups in total. The van der Waals surface area contributed by atoms with Gasteiger partial charge >= 0.3 is 126 Å². The molecular formula is C9H10BrN5O4Se. The molecule has 11 heteroatoms. The van der Waals surface area contributed by atoms with Crippen LogP contribution in [0.2, 0.25) is 4.82 Å². The van der Waals surface area contributed by atoms with E-state index in [4.69, 9.17) is 5.53 Å². The summed E-state index contributed by atoms with van der Waals surface area (Å²) in [6.07, 6.45) is 0.290. The quantitative estimate of drug-likeness (QED) is 0.262. The summed E-state index contributed by atoms with van der Waals surface area (Å²) in [5, 5.41) is 22.8. The normalized spacial score (nSPS) is 29.1. The molecule has 0 bridgehead atoms. The van der Waals surface area contributed by atoms with Gasteiger partial charge in [-0.05, 0) is 0 Å². The Balaban J connectivity index is 2.50. The number of hydrogen-bond acceptors (Lipinski definition) is 5. The molecule has 1 fully saturated rings. The first-order valence-electron chi connectivity index (χ1n) is 5.49. The maximum atomic E-state index is 11.8. The van der Waals surface area contributed by atoms with Gasteiger partial charge in [-0.15, -0.1) is 0 Å². The first-order chi connectivity index (χ1) is 9.49. The van der Waals surface area contributed by atoms with Crippen molar-refractivity contribution in [3.63, 3.8) is 0 Å². The molecule has 108 valence electrons. The summed E-state index contributed by atoms with van der Waals surface area (Å²) in [6.45, 7) is -0.256. The van der Waals surface area contributed by atoms with E-state index in [0.717, 1.165) is 0 Å². The fourth-order valence-corrected chi connectivity index (χ4v) is 5.27. The fourth-order valence-electron chi connectivity index (χ4n) is 1.94. The molecule has 0 saturated carbocycles. The number of hydrogen-bond donors (Lipinski definition) is 3. The van der Waals surface area contributed by atoms with Gasteiger partial charge in [0.1, 0.15) is 0 Å². The minimum atomic E-state index is -1.02. The zero-order chi connectivity index (χ0) is 14.9. The summed E-state index contributed by atoms with van der Waals surface area (Å²) < 4.78 is 1.39. The van der Waals surface area contributed by atoms with Crippen LogP contribution in [0.25, 0.3) is 10.4 Å². The van der Waals surface area contributed by atoms with Crippen LogP contribution in [0.15, 0.2) is 25.4 Å². The molecule has 1 saturated heterocycles. The van der Waals surface area contributed by atoms with E-state index in [-0.39, 0.29) is 26.0 Å². The van der Waals surface area contributed by atoms with Gasteiger partial charge in [0, 0.05) is 0 Å². The van der Waals surface area contributed by atoms with E-state index in [1.165, 1.54) is 10.8 Å².